The lowest BCUT2D eigenvalue weighted by molar-refractivity contribution is 0.179. The standard InChI is InChI=1S/C23H35N3O/c1-3-5-14-19(15-6-4-2)26-23(27)24-21-17-11-10-16-20(21)22(25-26)18-12-8-7-9-13-18/h10-11,16-19H,3-9,12-15H2,1-2H3,(H,24,27). The maximum absolute atomic E-state index is 13.1. The van der Waals surface area contributed by atoms with Crippen LogP contribution in [0.3, 0.4) is 0 Å². The molecular formula is C23H35N3O. The second-order valence-corrected chi connectivity index (χ2v) is 8.08. The first-order valence-corrected chi connectivity index (χ1v) is 11.0. The van der Waals surface area contributed by atoms with Crippen molar-refractivity contribution < 1.29 is 4.79 Å². The van der Waals surface area contributed by atoms with Crippen LogP contribution >= 0.6 is 0 Å². The molecule has 1 aromatic rings. The second kappa shape index (κ2) is 9.91. The van der Waals surface area contributed by atoms with Crippen molar-refractivity contribution in [3.8, 4) is 0 Å². The van der Waals surface area contributed by atoms with Gasteiger partial charge in [0.25, 0.3) is 0 Å². The van der Waals surface area contributed by atoms with E-state index in [0.717, 1.165) is 55.5 Å². The average molecular weight is 370 g/mol. The molecule has 1 heterocycles. The Labute approximate surface area is 164 Å². The zero-order valence-electron chi connectivity index (χ0n) is 17.0. The van der Waals surface area contributed by atoms with Crippen LogP contribution in [-0.4, -0.2) is 22.8 Å². The van der Waals surface area contributed by atoms with Crippen LogP contribution in [0.25, 0.3) is 0 Å². The van der Waals surface area contributed by atoms with E-state index in [1.54, 1.807) is 5.01 Å². The summed E-state index contributed by atoms with van der Waals surface area (Å²) in [6, 6.07) is 8.33. The quantitative estimate of drug-likeness (QED) is 0.553. The topological polar surface area (TPSA) is 44.7 Å². The van der Waals surface area contributed by atoms with Crippen molar-refractivity contribution in [1.82, 2.24) is 5.01 Å². The predicted molar refractivity (Wildman–Crippen MR) is 113 cm³/mol. The number of rotatable bonds is 8. The van der Waals surface area contributed by atoms with E-state index < -0.39 is 0 Å². The molecule has 27 heavy (non-hydrogen) atoms. The third-order valence-electron chi connectivity index (χ3n) is 5.99. The first-order chi connectivity index (χ1) is 13.2. The highest BCUT2D eigenvalue weighted by Crippen LogP contribution is 2.33. The van der Waals surface area contributed by atoms with Crippen molar-refractivity contribution in [3.63, 3.8) is 0 Å². The summed E-state index contributed by atoms with van der Waals surface area (Å²) in [4.78, 5) is 13.1. The molecule has 2 aliphatic rings. The van der Waals surface area contributed by atoms with E-state index in [4.69, 9.17) is 5.10 Å². The van der Waals surface area contributed by atoms with Gasteiger partial charge in [0.15, 0.2) is 0 Å². The Morgan fingerprint density at radius 2 is 1.74 bits per heavy atom. The molecule has 0 unspecified atom stereocenters. The van der Waals surface area contributed by atoms with E-state index in [1.807, 2.05) is 12.1 Å². The minimum Gasteiger partial charge on any atom is -0.306 e. The van der Waals surface area contributed by atoms with E-state index in [2.05, 4.69) is 31.3 Å². The smallest absolute Gasteiger partial charge is 0.306 e. The molecule has 0 radical (unpaired) electrons. The largest absolute Gasteiger partial charge is 0.342 e. The Morgan fingerprint density at radius 3 is 2.41 bits per heavy atom. The molecule has 2 amide bonds. The molecule has 0 spiro atoms. The van der Waals surface area contributed by atoms with Crippen LogP contribution in [0.1, 0.15) is 90.0 Å². The van der Waals surface area contributed by atoms with Gasteiger partial charge in [-0.2, -0.15) is 5.10 Å². The van der Waals surface area contributed by atoms with Crippen LogP contribution < -0.4 is 5.32 Å². The Morgan fingerprint density at radius 1 is 1.07 bits per heavy atom. The van der Waals surface area contributed by atoms with Crippen LogP contribution in [0.15, 0.2) is 29.4 Å². The predicted octanol–water partition coefficient (Wildman–Crippen LogP) is 6.57. The summed E-state index contributed by atoms with van der Waals surface area (Å²) in [5.41, 5.74) is 3.16. The molecule has 148 valence electrons. The number of unbranched alkanes of at least 4 members (excludes halogenated alkanes) is 2. The zero-order valence-corrected chi connectivity index (χ0v) is 17.0. The van der Waals surface area contributed by atoms with Gasteiger partial charge in [-0.05, 0) is 31.7 Å². The fraction of sp³-hybridized carbons (Fsp3) is 0.652. The first kappa shape index (κ1) is 19.9. The summed E-state index contributed by atoms with van der Waals surface area (Å²) in [7, 11) is 0. The minimum atomic E-state index is -0.0644. The summed E-state index contributed by atoms with van der Waals surface area (Å²) in [5.74, 6) is 0.466. The third-order valence-corrected chi connectivity index (χ3v) is 5.99. The molecule has 1 saturated carbocycles. The van der Waals surface area contributed by atoms with E-state index in [1.165, 1.54) is 32.1 Å². The molecule has 0 saturated heterocycles. The molecule has 3 rings (SSSR count). The molecule has 1 N–H and O–H groups in total. The number of hydrogen-bond donors (Lipinski definition) is 1. The highest BCUT2D eigenvalue weighted by molar-refractivity contribution is 6.10. The van der Waals surface area contributed by atoms with Crippen LogP contribution in [0.4, 0.5) is 10.5 Å². The van der Waals surface area contributed by atoms with Gasteiger partial charge in [0, 0.05) is 11.5 Å². The Hall–Kier alpha value is -1.84. The second-order valence-electron chi connectivity index (χ2n) is 8.08. The lowest BCUT2D eigenvalue weighted by Crippen LogP contribution is -2.39. The molecule has 4 nitrogen and oxygen atoms in total. The molecule has 1 aromatic carbocycles. The number of anilines is 1. The highest BCUT2D eigenvalue weighted by Gasteiger charge is 2.31. The number of nitrogens with zero attached hydrogens (tertiary/aromatic N) is 2. The minimum absolute atomic E-state index is 0.0644. The number of urea groups is 1. The van der Waals surface area contributed by atoms with Crippen LogP contribution in [-0.2, 0) is 0 Å². The lowest BCUT2D eigenvalue weighted by atomic mass is 9.83. The normalized spacial score (nSPS) is 18.1. The van der Waals surface area contributed by atoms with Gasteiger partial charge in [0.2, 0.25) is 0 Å². The monoisotopic (exact) mass is 369 g/mol. The summed E-state index contributed by atoms with van der Waals surface area (Å²) in [6.45, 7) is 4.43. The molecule has 0 atom stereocenters. The molecular weight excluding hydrogens is 334 g/mol. The number of fused-ring (bicyclic) bond motifs is 1. The lowest BCUT2D eigenvalue weighted by Gasteiger charge is -2.29. The number of nitrogens with one attached hydrogen (secondary N) is 1. The van der Waals surface area contributed by atoms with Crippen molar-refractivity contribution in [1.29, 1.82) is 0 Å². The molecule has 0 aromatic heterocycles. The van der Waals surface area contributed by atoms with Gasteiger partial charge in [0.05, 0.1) is 17.4 Å². The summed E-state index contributed by atoms with van der Waals surface area (Å²) < 4.78 is 0. The third kappa shape index (κ3) is 4.91. The number of hydrogen-bond acceptors (Lipinski definition) is 2. The van der Waals surface area contributed by atoms with Crippen LogP contribution in [0.2, 0.25) is 0 Å². The Kier molecular flexibility index (Phi) is 7.31. The van der Waals surface area contributed by atoms with Crippen LogP contribution in [0, 0.1) is 5.92 Å². The first-order valence-electron chi connectivity index (χ1n) is 11.0. The Bertz CT molecular complexity index is 641. The molecule has 4 heteroatoms. The maximum atomic E-state index is 13.1. The summed E-state index contributed by atoms with van der Waals surface area (Å²) in [6.07, 6.45) is 12.9. The molecule has 1 aliphatic heterocycles. The maximum Gasteiger partial charge on any atom is 0.342 e. The molecule has 1 aliphatic carbocycles. The number of benzene rings is 1. The van der Waals surface area contributed by atoms with Gasteiger partial charge < -0.3 is 5.32 Å². The van der Waals surface area contributed by atoms with Gasteiger partial charge >= 0.3 is 6.03 Å². The summed E-state index contributed by atoms with van der Waals surface area (Å²) >= 11 is 0. The fourth-order valence-corrected chi connectivity index (χ4v) is 4.40. The fourth-order valence-electron chi connectivity index (χ4n) is 4.40. The van der Waals surface area contributed by atoms with Crippen LogP contribution in [0.5, 0.6) is 0 Å². The SMILES string of the molecule is CCCCC(CCCC)N1N=C(C2CCCCC2)c2ccccc2NC1=O. The molecule has 1 fully saturated rings. The average Bonchev–Trinajstić information content (AvgIpc) is 2.85. The van der Waals surface area contributed by atoms with Gasteiger partial charge in [-0.15, -0.1) is 0 Å². The molecule has 0 bridgehead atoms. The number of carbonyl (C=O) groups is 1. The van der Waals surface area contributed by atoms with Crippen molar-refractivity contribution in [2.45, 2.75) is 90.5 Å². The van der Waals surface area contributed by atoms with Crippen molar-refractivity contribution >= 4 is 17.4 Å². The van der Waals surface area contributed by atoms with Crippen molar-refractivity contribution in [2.24, 2.45) is 11.0 Å². The van der Waals surface area contributed by atoms with Gasteiger partial charge in [-0.1, -0.05) is 77.0 Å². The van der Waals surface area contributed by atoms with E-state index >= 15 is 0 Å². The van der Waals surface area contributed by atoms with E-state index in [9.17, 15) is 4.79 Å². The summed E-state index contributed by atoms with van der Waals surface area (Å²) in [5, 5.41) is 10.0. The number of hydrazone groups is 1. The zero-order chi connectivity index (χ0) is 19.1. The Balaban J connectivity index is 1.96. The highest BCUT2D eigenvalue weighted by atomic mass is 16.2. The van der Waals surface area contributed by atoms with Gasteiger partial charge in [-0.3, -0.25) is 0 Å². The van der Waals surface area contributed by atoms with Gasteiger partial charge in [0.1, 0.15) is 0 Å². The van der Waals surface area contributed by atoms with Crippen molar-refractivity contribution in [2.75, 3.05) is 5.32 Å². The van der Waals surface area contributed by atoms with E-state index in [0.29, 0.717) is 5.92 Å². The van der Waals surface area contributed by atoms with Gasteiger partial charge in [-0.25, -0.2) is 9.80 Å². The number of carbonyl (C=O) groups excluding carboxylic acids is 1. The number of amides is 2. The number of para-hydroxylation sites is 1. The van der Waals surface area contributed by atoms with E-state index in [-0.39, 0.29) is 12.1 Å². The van der Waals surface area contributed by atoms with Crippen molar-refractivity contribution in [3.05, 3.63) is 29.8 Å².